The van der Waals surface area contributed by atoms with E-state index in [0.29, 0.717) is 22.0 Å². The number of halogens is 2. The Labute approximate surface area is 141 Å². The van der Waals surface area contributed by atoms with Crippen LogP contribution < -0.4 is 10.1 Å². The molecule has 1 N–H and O–H groups in total. The molecule has 6 heteroatoms. The predicted octanol–water partition coefficient (Wildman–Crippen LogP) is 4.32. The zero-order valence-electron chi connectivity index (χ0n) is 11.7. The summed E-state index contributed by atoms with van der Waals surface area (Å²) < 4.78 is 6.28. The highest BCUT2D eigenvalue weighted by Gasteiger charge is 2.11. The zero-order valence-corrected chi connectivity index (χ0v) is 14.1. The Morgan fingerprint density at radius 2 is 2.00 bits per heavy atom. The fourth-order valence-electron chi connectivity index (χ4n) is 1.81. The number of anilines is 1. The highest BCUT2D eigenvalue weighted by Crippen LogP contribution is 2.23. The summed E-state index contributed by atoms with van der Waals surface area (Å²) in [4.78, 5) is 23.4. The minimum absolute atomic E-state index is 0.176. The molecule has 0 bridgehead atoms. The monoisotopic (exact) mass is 381 g/mol. The molecule has 0 saturated carbocycles. The van der Waals surface area contributed by atoms with Crippen molar-refractivity contribution in [3.8, 4) is 5.75 Å². The molecule has 0 heterocycles. The number of carbonyl (C=O) groups is 2. The van der Waals surface area contributed by atoms with E-state index in [1.54, 1.807) is 24.3 Å². The number of rotatable bonds is 5. The van der Waals surface area contributed by atoms with Crippen molar-refractivity contribution in [2.24, 2.45) is 0 Å². The molecule has 0 fully saturated rings. The van der Waals surface area contributed by atoms with Gasteiger partial charge in [0.1, 0.15) is 5.75 Å². The van der Waals surface area contributed by atoms with E-state index >= 15 is 0 Å². The first-order chi connectivity index (χ1) is 10.5. The van der Waals surface area contributed by atoms with Gasteiger partial charge in [-0.2, -0.15) is 0 Å². The molecule has 0 aliphatic heterocycles. The molecule has 0 aromatic heterocycles. The topological polar surface area (TPSA) is 55.4 Å². The Balaban J connectivity index is 2.01. The van der Waals surface area contributed by atoms with E-state index in [0.717, 1.165) is 4.47 Å². The Hall–Kier alpha value is -1.85. The first-order valence-corrected chi connectivity index (χ1v) is 7.61. The van der Waals surface area contributed by atoms with Gasteiger partial charge in [-0.15, -0.1) is 0 Å². The third-order valence-corrected chi connectivity index (χ3v) is 3.52. The first-order valence-electron chi connectivity index (χ1n) is 6.44. The van der Waals surface area contributed by atoms with Crippen LogP contribution in [0.4, 0.5) is 5.69 Å². The second kappa shape index (κ2) is 7.42. The van der Waals surface area contributed by atoms with Crippen molar-refractivity contribution in [1.82, 2.24) is 0 Å². The van der Waals surface area contributed by atoms with Crippen LogP contribution in [-0.4, -0.2) is 18.3 Å². The summed E-state index contributed by atoms with van der Waals surface area (Å²) in [6.45, 7) is 1.22. The molecule has 2 aromatic rings. The molecule has 0 aliphatic carbocycles. The van der Waals surface area contributed by atoms with Gasteiger partial charge in [0.2, 0.25) is 0 Å². The van der Waals surface area contributed by atoms with E-state index in [-0.39, 0.29) is 18.3 Å². The van der Waals surface area contributed by atoms with Crippen molar-refractivity contribution >= 4 is 44.9 Å². The lowest BCUT2D eigenvalue weighted by Crippen LogP contribution is -2.20. The minimum atomic E-state index is -0.317. The number of nitrogens with one attached hydrogen (secondary N) is 1. The fraction of sp³-hybridized carbons (Fsp3) is 0.125. The molecular weight excluding hydrogens is 370 g/mol. The van der Waals surface area contributed by atoms with Crippen molar-refractivity contribution in [1.29, 1.82) is 0 Å². The third-order valence-electron chi connectivity index (χ3n) is 2.79. The largest absolute Gasteiger partial charge is 0.483 e. The molecule has 0 atom stereocenters. The van der Waals surface area contributed by atoms with Crippen LogP contribution >= 0.6 is 27.5 Å². The van der Waals surface area contributed by atoms with E-state index in [1.807, 2.05) is 12.1 Å². The van der Waals surface area contributed by atoms with E-state index in [4.69, 9.17) is 16.3 Å². The van der Waals surface area contributed by atoms with Gasteiger partial charge >= 0.3 is 0 Å². The van der Waals surface area contributed by atoms with Crippen LogP contribution in [-0.2, 0) is 4.79 Å². The van der Waals surface area contributed by atoms with Crippen LogP contribution in [0.2, 0.25) is 5.02 Å². The molecule has 0 aliphatic rings. The number of Topliss-reactive ketones (excluding diaryl/α,β-unsaturated/α-hetero) is 1. The number of ether oxygens (including phenoxy) is 1. The average molecular weight is 383 g/mol. The van der Waals surface area contributed by atoms with Gasteiger partial charge in [-0.1, -0.05) is 33.6 Å². The van der Waals surface area contributed by atoms with Gasteiger partial charge in [0.25, 0.3) is 5.91 Å². The van der Waals surface area contributed by atoms with Crippen LogP contribution in [0.1, 0.15) is 17.3 Å². The molecule has 0 spiro atoms. The lowest BCUT2D eigenvalue weighted by atomic mass is 10.1. The second-order valence-electron chi connectivity index (χ2n) is 4.54. The van der Waals surface area contributed by atoms with E-state index in [9.17, 15) is 9.59 Å². The van der Waals surface area contributed by atoms with Gasteiger partial charge in [0.05, 0.1) is 5.56 Å². The zero-order chi connectivity index (χ0) is 16.1. The smallest absolute Gasteiger partial charge is 0.262 e. The SMILES string of the molecule is CC(=O)c1cc(Cl)ccc1OCC(=O)Nc1cccc(Br)c1. The third kappa shape index (κ3) is 4.58. The van der Waals surface area contributed by atoms with Gasteiger partial charge in [0.15, 0.2) is 12.4 Å². The second-order valence-corrected chi connectivity index (χ2v) is 5.90. The normalized spacial score (nSPS) is 10.1. The maximum Gasteiger partial charge on any atom is 0.262 e. The van der Waals surface area contributed by atoms with E-state index < -0.39 is 0 Å². The Bertz CT molecular complexity index is 718. The molecule has 2 rings (SSSR count). The van der Waals surface area contributed by atoms with Gasteiger partial charge in [-0.3, -0.25) is 9.59 Å². The molecule has 22 heavy (non-hydrogen) atoms. The fourth-order valence-corrected chi connectivity index (χ4v) is 2.38. The van der Waals surface area contributed by atoms with Gasteiger partial charge in [-0.25, -0.2) is 0 Å². The Kier molecular flexibility index (Phi) is 5.57. The summed E-state index contributed by atoms with van der Waals surface area (Å²) in [6.07, 6.45) is 0. The highest BCUT2D eigenvalue weighted by molar-refractivity contribution is 9.10. The van der Waals surface area contributed by atoms with Crippen molar-refractivity contribution in [3.63, 3.8) is 0 Å². The molecule has 2 aromatic carbocycles. The highest BCUT2D eigenvalue weighted by atomic mass is 79.9. The van der Waals surface area contributed by atoms with Crippen LogP contribution in [0.15, 0.2) is 46.9 Å². The van der Waals surface area contributed by atoms with Crippen molar-refractivity contribution in [3.05, 3.63) is 57.5 Å². The predicted molar refractivity (Wildman–Crippen MR) is 89.7 cm³/mol. The summed E-state index contributed by atoms with van der Waals surface area (Å²) >= 11 is 9.18. The maximum atomic E-state index is 11.9. The number of amides is 1. The van der Waals surface area contributed by atoms with E-state index in [2.05, 4.69) is 21.2 Å². The molecule has 4 nitrogen and oxygen atoms in total. The first kappa shape index (κ1) is 16.5. The number of carbonyl (C=O) groups excluding carboxylic acids is 2. The van der Waals surface area contributed by atoms with Crippen molar-refractivity contribution < 1.29 is 14.3 Å². The Morgan fingerprint density at radius 1 is 1.23 bits per heavy atom. The summed E-state index contributed by atoms with van der Waals surface area (Å²) in [5.74, 6) is -0.159. The lowest BCUT2D eigenvalue weighted by Gasteiger charge is -2.10. The summed E-state index contributed by atoms with van der Waals surface area (Å²) in [5.41, 5.74) is 1.01. The van der Waals surface area contributed by atoms with E-state index in [1.165, 1.54) is 13.0 Å². The number of ketones is 1. The van der Waals surface area contributed by atoms with Gasteiger partial charge in [0, 0.05) is 15.2 Å². The van der Waals surface area contributed by atoms with Crippen LogP contribution in [0.25, 0.3) is 0 Å². The molecule has 0 unspecified atom stereocenters. The molecule has 1 amide bonds. The lowest BCUT2D eigenvalue weighted by molar-refractivity contribution is -0.118. The van der Waals surface area contributed by atoms with Gasteiger partial charge in [-0.05, 0) is 43.3 Å². The maximum absolute atomic E-state index is 11.9. The number of hydrogen-bond donors (Lipinski definition) is 1. The minimum Gasteiger partial charge on any atom is -0.483 e. The molecule has 0 saturated heterocycles. The average Bonchev–Trinajstić information content (AvgIpc) is 2.45. The van der Waals surface area contributed by atoms with Crippen molar-refractivity contribution in [2.45, 2.75) is 6.92 Å². The van der Waals surface area contributed by atoms with Crippen LogP contribution in [0.3, 0.4) is 0 Å². The van der Waals surface area contributed by atoms with Crippen molar-refractivity contribution in [2.75, 3.05) is 11.9 Å². The summed E-state index contributed by atoms with van der Waals surface area (Å²) in [7, 11) is 0. The number of benzene rings is 2. The molecular formula is C16H13BrClNO3. The standard InChI is InChI=1S/C16H13BrClNO3/c1-10(20)14-8-12(18)5-6-15(14)22-9-16(21)19-13-4-2-3-11(17)7-13/h2-8H,9H2,1H3,(H,19,21). The van der Waals surface area contributed by atoms with Gasteiger partial charge < -0.3 is 10.1 Å². The summed E-state index contributed by atoms with van der Waals surface area (Å²) in [5, 5.41) is 3.15. The molecule has 114 valence electrons. The van der Waals surface area contributed by atoms with Crippen LogP contribution in [0.5, 0.6) is 5.75 Å². The summed E-state index contributed by atoms with van der Waals surface area (Å²) in [6, 6.07) is 11.9. The Morgan fingerprint density at radius 3 is 2.68 bits per heavy atom. The quantitative estimate of drug-likeness (QED) is 0.783. The number of hydrogen-bond acceptors (Lipinski definition) is 3. The van der Waals surface area contributed by atoms with Crippen LogP contribution in [0, 0.1) is 0 Å². The molecule has 0 radical (unpaired) electrons.